The van der Waals surface area contributed by atoms with Gasteiger partial charge in [0, 0.05) is 5.56 Å². The standard InChI is InChI=1S/C16H15NO5/c1-16(2)15(19)14(21-10-6-13(18)20-8-10)11-5-9(7-17)3-4-12(11)22-16/h3-6,14-15,19H,8H2,1-2H3. The maximum absolute atomic E-state index is 11.1. The summed E-state index contributed by atoms with van der Waals surface area (Å²) in [6, 6.07) is 7.00. The molecule has 1 aromatic rings. The van der Waals surface area contributed by atoms with Gasteiger partial charge >= 0.3 is 5.97 Å². The van der Waals surface area contributed by atoms with E-state index in [0.29, 0.717) is 22.6 Å². The zero-order valence-corrected chi connectivity index (χ0v) is 12.2. The minimum absolute atomic E-state index is 0.0383. The third-order valence-corrected chi connectivity index (χ3v) is 3.73. The number of rotatable bonds is 2. The normalized spacial score (nSPS) is 25.4. The number of benzene rings is 1. The molecule has 6 nitrogen and oxygen atoms in total. The van der Waals surface area contributed by atoms with Gasteiger partial charge in [-0.2, -0.15) is 5.26 Å². The van der Waals surface area contributed by atoms with Crippen LogP contribution in [-0.4, -0.2) is 29.4 Å². The lowest BCUT2D eigenvalue weighted by molar-refractivity contribution is -0.136. The van der Waals surface area contributed by atoms with Crippen molar-refractivity contribution < 1.29 is 24.1 Å². The molecule has 2 aliphatic heterocycles. The SMILES string of the molecule is CC1(C)Oc2ccc(C#N)cc2C(OC2=CC(=O)OC2)C1O. The second-order valence-electron chi connectivity index (χ2n) is 5.77. The summed E-state index contributed by atoms with van der Waals surface area (Å²) >= 11 is 0. The van der Waals surface area contributed by atoms with Crippen molar-refractivity contribution >= 4 is 5.97 Å². The average Bonchev–Trinajstić information content (AvgIpc) is 2.88. The van der Waals surface area contributed by atoms with Crippen molar-refractivity contribution in [2.75, 3.05) is 6.61 Å². The first-order chi connectivity index (χ1) is 10.4. The summed E-state index contributed by atoms with van der Waals surface area (Å²) in [6.07, 6.45) is -0.457. The van der Waals surface area contributed by atoms with E-state index in [1.807, 2.05) is 6.07 Å². The average molecular weight is 301 g/mol. The third-order valence-electron chi connectivity index (χ3n) is 3.73. The number of hydrogen-bond donors (Lipinski definition) is 1. The second kappa shape index (κ2) is 5.04. The largest absolute Gasteiger partial charge is 0.485 e. The summed E-state index contributed by atoms with van der Waals surface area (Å²) in [5.41, 5.74) is 0.150. The molecule has 0 amide bonds. The Kier molecular flexibility index (Phi) is 3.30. The Morgan fingerprint density at radius 2 is 2.23 bits per heavy atom. The molecule has 0 saturated heterocycles. The summed E-state index contributed by atoms with van der Waals surface area (Å²) in [6.45, 7) is 3.54. The lowest BCUT2D eigenvalue weighted by atomic mass is 9.87. The molecule has 6 heteroatoms. The highest BCUT2D eigenvalue weighted by Gasteiger charge is 2.45. The topological polar surface area (TPSA) is 88.8 Å². The van der Waals surface area contributed by atoms with Crippen LogP contribution in [0.2, 0.25) is 0 Å². The van der Waals surface area contributed by atoms with E-state index in [1.54, 1.807) is 32.0 Å². The van der Waals surface area contributed by atoms with Crippen LogP contribution in [0.4, 0.5) is 0 Å². The van der Waals surface area contributed by atoms with E-state index in [4.69, 9.17) is 19.5 Å². The van der Waals surface area contributed by atoms with Gasteiger partial charge in [-0.1, -0.05) is 0 Å². The molecule has 0 aromatic heterocycles. The highest BCUT2D eigenvalue weighted by molar-refractivity contribution is 5.84. The van der Waals surface area contributed by atoms with Crippen LogP contribution in [0.15, 0.2) is 30.0 Å². The van der Waals surface area contributed by atoms with Crippen LogP contribution < -0.4 is 4.74 Å². The van der Waals surface area contributed by atoms with Crippen molar-refractivity contribution in [1.82, 2.24) is 0 Å². The van der Waals surface area contributed by atoms with Crippen molar-refractivity contribution in [3.63, 3.8) is 0 Å². The van der Waals surface area contributed by atoms with E-state index in [9.17, 15) is 9.90 Å². The lowest BCUT2D eigenvalue weighted by Crippen LogP contribution is -2.49. The van der Waals surface area contributed by atoms with Crippen LogP contribution in [0.1, 0.15) is 31.1 Å². The van der Waals surface area contributed by atoms with Gasteiger partial charge in [0.2, 0.25) is 0 Å². The second-order valence-corrected chi connectivity index (χ2v) is 5.77. The molecule has 2 heterocycles. The highest BCUT2D eigenvalue weighted by atomic mass is 16.6. The fourth-order valence-electron chi connectivity index (χ4n) is 2.53. The van der Waals surface area contributed by atoms with Gasteiger partial charge in [-0.05, 0) is 32.0 Å². The minimum Gasteiger partial charge on any atom is -0.485 e. The van der Waals surface area contributed by atoms with Gasteiger partial charge in [-0.3, -0.25) is 0 Å². The smallest absolute Gasteiger partial charge is 0.334 e. The highest BCUT2D eigenvalue weighted by Crippen LogP contribution is 2.43. The molecule has 0 saturated carbocycles. The molecule has 2 aliphatic rings. The van der Waals surface area contributed by atoms with Crippen LogP contribution in [0.25, 0.3) is 0 Å². The third kappa shape index (κ3) is 2.40. The first-order valence-electron chi connectivity index (χ1n) is 6.86. The number of carbonyl (C=O) groups excluding carboxylic acids is 1. The number of nitrogens with zero attached hydrogens (tertiary/aromatic N) is 1. The molecule has 3 rings (SSSR count). The number of fused-ring (bicyclic) bond motifs is 1. The first kappa shape index (κ1) is 14.4. The van der Waals surface area contributed by atoms with E-state index in [2.05, 4.69) is 0 Å². The molecule has 22 heavy (non-hydrogen) atoms. The fraction of sp³-hybridized carbons (Fsp3) is 0.375. The Hall–Kier alpha value is -2.52. The Balaban J connectivity index is 2.01. The Labute approximate surface area is 127 Å². The Morgan fingerprint density at radius 3 is 2.86 bits per heavy atom. The minimum atomic E-state index is -0.967. The van der Waals surface area contributed by atoms with E-state index in [0.717, 1.165) is 0 Å². The molecule has 1 N–H and O–H groups in total. The monoisotopic (exact) mass is 301 g/mol. The molecule has 1 aromatic carbocycles. The van der Waals surface area contributed by atoms with Gasteiger partial charge in [0.05, 0.1) is 17.7 Å². The lowest BCUT2D eigenvalue weighted by Gasteiger charge is -2.41. The summed E-state index contributed by atoms with van der Waals surface area (Å²) in [7, 11) is 0. The first-order valence-corrected chi connectivity index (χ1v) is 6.86. The summed E-state index contributed by atoms with van der Waals surface area (Å²) in [5.74, 6) is 0.423. The molecule has 114 valence electrons. The van der Waals surface area contributed by atoms with Crippen LogP contribution in [-0.2, 0) is 14.3 Å². The van der Waals surface area contributed by atoms with Crippen molar-refractivity contribution in [1.29, 1.82) is 5.26 Å². The van der Waals surface area contributed by atoms with E-state index in [1.165, 1.54) is 6.08 Å². The van der Waals surface area contributed by atoms with Gasteiger partial charge in [-0.25, -0.2) is 4.79 Å². The van der Waals surface area contributed by atoms with E-state index >= 15 is 0 Å². The van der Waals surface area contributed by atoms with E-state index < -0.39 is 23.8 Å². The predicted octanol–water partition coefficient (Wildman–Crippen LogP) is 1.59. The molecule has 0 spiro atoms. The molecule has 0 bridgehead atoms. The van der Waals surface area contributed by atoms with Crippen molar-refractivity contribution in [3.05, 3.63) is 41.2 Å². The maximum atomic E-state index is 11.1. The summed E-state index contributed by atoms with van der Waals surface area (Å²) in [4.78, 5) is 11.1. The fourth-order valence-corrected chi connectivity index (χ4v) is 2.53. The van der Waals surface area contributed by atoms with Crippen molar-refractivity contribution in [3.8, 4) is 11.8 Å². The number of ether oxygens (including phenoxy) is 3. The van der Waals surface area contributed by atoms with Gasteiger partial charge in [0.15, 0.2) is 6.10 Å². The number of carbonyl (C=O) groups is 1. The number of nitriles is 1. The zero-order valence-electron chi connectivity index (χ0n) is 12.2. The summed E-state index contributed by atoms with van der Waals surface area (Å²) in [5, 5.41) is 19.6. The molecule has 2 unspecified atom stereocenters. The molecule has 2 atom stereocenters. The molecular weight excluding hydrogens is 286 g/mol. The molecule has 0 fully saturated rings. The number of cyclic esters (lactones) is 1. The van der Waals surface area contributed by atoms with Crippen LogP contribution in [0, 0.1) is 11.3 Å². The van der Waals surface area contributed by atoms with Crippen molar-refractivity contribution in [2.24, 2.45) is 0 Å². The van der Waals surface area contributed by atoms with Gasteiger partial charge < -0.3 is 19.3 Å². The van der Waals surface area contributed by atoms with Gasteiger partial charge in [-0.15, -0.1) is 0 Å². The predicted molar refractivity (Wildman–Crippen MR) is 74.7 cm³/mol. The van der Waals surface area contributed by atoms with Crippen molar-refractivity contribution in [2.45, 2.75) is 31.7 Å². The maximum Gasteiger partial charge on any atom is 0.334 e. The van der Waals surface area contributed by atoms with Crippen LogP contribution >= 0.6 is 0 Å². The van der Waals surface area contributed by atoms with Gasteiger partial charge in [0.1, 0.15) is 29.8 Å². The van der Waals surface area contributed by atoms with Crippen LogP contribution in [0.5, 0.6) is 5.75 Å². The zero-order chi connectivity index (χ0) is 15.9. The quantitative estimate of drug-likeness (QED) is 0.834. The molecule has 0 radical (unpaired) electrons. The molecular formula is C16H15NO5. The van der Waals surface area contributed by atoms with Gasteiger partial charge in [0.25, 0.3) is 0 Å². The molecule has 0 aliphatic carbocycles. The number of aliphatic hydroxyl groups is 1. The Morgan fingerprint density at radius 1 is 1.45 bits per heavy atom. The number of esters is 1. The summed E-state index contributed by atoms with van der Waals surface area (Å²) < 4.78 is 16.4. The number of hydrogen-bond acceptors (Lipinski definition) is 6. The van der Waals surface area contributed by atoms with Crippen LogP contribution in [0.3, 0.4) is 0 Å². The number of aliphatic hydroxyl groups excluding tert-OH is 1. The van der Waals surface area contributed by atoms with E-state index in [-0.39, 0.29) is 6.61 Å². The Bertz CT molecular complexity index is 701.